The number of hydrogen-bond acceptors (Lipinski definition) is 1. The average molecular weight is 293 g/mol. The maximum atomic E-state index is 13.7. The third kappa shape index (κ3) is 2.08. The van der Waals surface area contributed by atoms with Crippen molar-refractivity contribution in [3.8, 4) is 11.3 Å². The van der Waals surface area contributed by atoms with Gasteiger partial charge in [-0.2, -0.15) is 0 Å². The van der Waals surface area contributed by atoms with Gasteiger partial charge in [0, 0.05) is 22.6 Å². The molecule has 1 N–H and O–H groups in total. The number of benzene rings is 2. The first-order valence-electron chi connectivity index (χ1n) is 5.92. The molecule has 0 radical (unpaired) electrons. The lowest BCUT2D eigenvalue weighted by Crippen LogP contribution is -1.88. The third-order valence-corrected chi connectivity index (χ3v) is 3.19. The highest BCUT2D eigenvalue weighted by Crippen LogP contribution is 2.31. The van der Waals surface area contributed by atoms with Gasteiger partial charge in [0.1, 0.15) is 11.6 Å². The van der Waals surface area contributed by atoms with Crippen molar-refractivity contribution in [3.63, 3.8) is 0 Å². The van der Waals surface area contributed by atoms with E-state index in [1.165, 1.54) is 6.07 Å². The normalized spacial score (nSPS) is 11.0. The Balaban J connectivity index is 2.34. The molecule has 0 aliphatic heterocycles. The van der Waals surface area contributed by atoms with Gasteiger partial charge in [0.25, 0.3) is 0 Å². The molecule has 2 nitrogen and oxygen atoms in total. The third-order valence-electron chi connectivity index (χ3n) is 3.19. The predicted molar refractivity (Wildman–Crippen MR) is 69.0 cm³/mol. The molecule has 0 saturated carbocycles. The molecule has 21 heavy (non-hydrogen) atoms. The molecule has 0 fully saturated rings. The molecule has 0 bridgehead atoms. The van der Waals surface area contributed by atoms with Crippen molar-refractivity contribution >= 4 is 17.2 Å². The van der Waals surface area contributed by atoms with Gasteiger partial charge in [-0.25, -0.2) is 17.6 Å². The molecule has 0 unspecified atom stereocenters. The van der Waals surface area contributed by atoms with Crippen molar-refractivity contribution in [3.05, 3.63) is 59.2 Å². The van der Waals surface area contributed by atoms with Crippen LogP contribution in [0.5, 0.6) is 0 Å². The molecule has 6 heteroatoms. The van der Waals surface area contributed by atoms with E-state index in [-0.39, 0.29) is 27.7 Å². The quantitative estimate of drug-likeness (QED) is 0.557. The Kier molecular flexibility index (Phi) is 3.01. The molecule has 1 heterocycles. The van der Waals surface area contributed by atoms with E-state index in [1.807, 2.05) is 0 Å². The molecular formula is C15H7F4NO. The first-order chi connectivity index (χ1) is 10.0. The number of nitrogens with one attached hydrogen (secondary N) is 1. The van der Waals surface area contributed by atoms with E-state index >= 15 is 0 Å². The van der Waals surface area contributed by atoms with Crippen molar-refractivity contribution < 1.29 is 22.4 Å². The topological polar surface area (TPSA) is 32.9 Å². The van der Waals surface area contributed by atoms with Gasteiger partial charge >= 0.3 is 0 Å². The van der Waals surface area contributed by atoms with Crippen LogP contribution in [-0.4, -0.2) is 11.3 Å². The zero-order valence-electron chi connectivity index (χ0n) is 10.4. The highest BCUT2D eigenvalue weighted by atomic mass is 19.2. The summed E-state index contributed by atoms with van der Waals surface area (Å²) in [4.78, 5) is 13.8. The maximum absolute atomic E-state index is 13.7. The van der Waals surface area contributed by atoms with Crippen LogP contribution in [0.15, 0.2) is 30.3 Å². The Morgan fingerprint density at radius 2 is 1.67 bits per heavy atom. The standard InChI is InChI=1S/C15H7F4NO/c16-8-4-9-10(6-21)14(20-15(9)13(19)5-8)7-1-2-11(17)12(18)3-7/h1-6,20H. The fourth-order valence-corrected chi connectivity index (χ4v) is 2.24. The smallest absolute Gasteiger partial charge is 0.159 e. The largest absolute Gasteiger partial charge is 0.352 e. The number of aldehydes is 1. The SMILES string of the molecule is O=Cc1c(-c2ccc(F)c(F)c2)[nH]c2c(F)cc(F)cc12. The van der Waals surface area contributed by atoms with E-state index in [9.17, 15) is 22.4 Å². The molecule has 3 rings (SSSR count). The molecule has 3 aromatic rings. The Hall–Kier alpha value is -2.63. The lowest BCUT2D eigenvalue weighted by Gasteiger charge is -2.01. The summed E-state index contributed by atoms with van der Waals surface area (Å²) in [6.07, 6.45) is 0.411. The number of carbonyl (C=O) groups excluding carboxylic acids is 1. The summed E-state index contributed by atoms with van der Waals surface area (Å²) in [6.45, 7) is 0. The molecule has 0 saturated heterocycles. The summed E-state index contributed by atoms with van der Waals surface area (Å²) in [6, 6.07) is 4.68. The lowest BCUT2D eigenvalue weighted by atomic mass is 10.1. The second kappa shape index (κ2) is 4.73. The van der Waals surface area contributed by atoms with E-state index in [0.717, 1.165) is 18.2 Å². The Labute approximate surface area is 116 Å². The van der Waals surface area contributed by atoms with Crippen LogP contribution >= 0.6 is 0 Å². The molecule has 106 valence electrons. The van der Waals surface area contributed by atoms with E-state index in [0.29, 0.717) is 12.4 Å². The van der Waals surface area contributed by atoms with E-state index in [2.05, 4.69) is 4.98 Å². The van der Waals surface area contributed by atoms with Crippen LogP contribution in [0.1, 0.15) is 10.4 Å². The molecule has 0 amide bonds. The zero-order valence-corrected chi connectivity index (χ0v) is 10.4. The molecular weight excluding hydrogens is 286 g/mol. The highest BCUT2D eigenvalue weighted by Gasteiger charge is 2.17. The lowest BCUT2D eigenvalue weighted by molar-refractivity contribution is 0.112. The minimum Gasteiger partial charge on any atom is -0.352 e. The molecule has 2 aromatic carbocycles. The maximum Gasteiger partial charge on any atom is 0.159 e. The number of halogens is 4. The van der Waals surface area contributed by atoms with E-state index in [1.54, 1.807) is 0 Å². The molecule has 0 aliphatic rings. The van der Waals surface area contributed by atoms with E-state index < -0.39 is 23.3 Å². The fourth-order valence-electron chi connectivity index (χ4n) is 2.24. The minimum atomic E-state index is -1.10. The number of rotatable bonds is 2. The van der Waals surface area contributed by atoms with Crippen molar-refractivity contribution in [1.29, 1.82) is 0 Å². The fraction of sp³-hybridized carbons (Fsp3) is 0. The van der Waals surface area contributed by atoms with Crippen LogP contribution in [0, 0.1) is 23.3 Å². The predicted octanol–water partition coefficient (Wildman–Crippen LogP) is 4.20. The van der Waals surface area contributed by atoms with Gasteiger partial charge in [0.05, 0.1) is 11.2 Å². The number of aromatic amines is 1. The van der Waals surface area contributed by atoms with Crippen LogP contribution < -0.4 is 0 Å². The summed E-state index contributed by atoms with van der Waals surface area (Å²) in [7, 11) is 0. The minimum absolute atomic E-state index is 0.0191. The second-order valence-electron chi connectivity index (χ2n) is 4.47. The zero-order chi connectivity index (χ0) is 15.1. The summed E-state index contributed by atoms with van der Waals surface area (Å²) in [5, 5.41) is 0.0437. The van der Waals surface area contributed by atoms with Gasteiger partial charge in [-0.3, -0.25) is 4.79 Å². The number of H-pyrrole nitrogens is 1. The van der Waals surface area contributed by atoms with Crippen LogP contribution in [0.25, 0.3) is 22.2 Å². The summed E-state index contributed by atoms with van der Waals surface area (Å²) < 4.78 is 53.2. The molecule has 0 aliphatic carbocycles. The summed E-state index contributed by atoms with van der Waals surface area (Å²) in [5.74, 6) is -3.85. The molecule has 0 spiro atoms. The monoisotopic (exact) mass is 293 g/mol. The van der Waals surface area contributed by atoms with Crippen LogP contribution in [-0.2, 0) is 0 Å². The van der Waals surface area contributed by atoms with Crippen molar-refractivity contribution in [2.24, 2.45) is 0 Å². The number of carbonyl (C=O) groups is 1. The van der Waals surface area contributed by atoms with Gasteiger partial charge < -0.3 is 4.98 Å². The summed E-state index contributed by atoms with van der Waals surface area (Å²) >= 11 is 0. The van der Waals surface area contributed by atoms with Crippen LogP contribution in [0.2, 0.25) is 0 Å². The van der Waals surface area contributed by atoms with Crippen LogP contribution in [0.3, 0.4) is 0 Å². The molecule has 0 atom stereocenters. The number of hydrogen-bond donors (Lipinski definition) is 1. The number of fused-ring (bicyclic) bond motifs is 1. The highest BCUT2D eigenvalue weighted by molar-refractivity contribution is 6.04. The number of aromatic nitrogens is 1. The van der Waals surface area contributed by atoms with Crippen LogP contribution in [0.4, 0.5) is 17.6 Å². The van der Waals surface area contributed by atoms with Gasteiger partial charge in [0.2, 0.25) is 0 Å². The van der Waals surface area contributed by atoms with Crippen molar-refractivity contribution in [2.75, 3.05) is 0 Å². The van der Waals surface area contributed by atoms with Gasteiger partial charge in [0.15, 0.2) is 17.9 Å². The Morgan fingerprint density at radius 3 is 2.33 bits per heavy atom. The Morgan fingerprint density at radius 1 is 0.905 bits per heavy atom. The molecule has 1 aromatic heterocycles. The van der Waals surface area contributed by atoms with Gasteiger partial charge in [-0.15, -0.1) is 0 Å². The van der Waals surface area contributed by atoms with Crippen molar-refractivity contribution in [1.82, 2.24) is 4.98 Å². The first-order valence-corrected chi connectivity index (χ1v) is 5.92. The van der Waals surface area contributed by atoms with Gasteiger partial charge in [-0.1, -0.05) is 0 Å². The Bertz CT molecular complexity index is 870. The first kappa shape index (κ1) is 13.4. The van der Waals surface area contributed by atoms with E-state index in [4.69, 9.17) is 0 Å². The van der Waals surface area contributed by atoms with Crippen molar-refractivity contribution in [2.45, 2.75) is 0 Å². The summed E-state index contributed by atoms with van der Waals surface area (Å²) in [5.41, 5.74) is 0.169. The van der Waals surface area contributed by atoms with Gasteiger partial charge in [-0.05, 0) is 24.3 Å². The average Bonchev–Trinajstić information content (AvgIpc) is 2.80. The second-order valence-corrected chi connectivity index (χ2v) is 4.47.